The van der Waals surface area contributed by atoms with Gasteiger partial charge in [-0.25, -0.2) is 0 Å². The van der Waals surface area contributed by atoms with Gasteiger partial charge in [-0.3, -0.25) is 0 Å². The van der Waals surface area contributed by atoms with Crippen LogP contribution in [0.25, 0.3) is 10.1 Å². The Hall–Kier alpha value is -1.37. The number of hydrogen-bond donors (Lipinski definition) is 1. The van der Waals surface area contributed by atoms with Crippen LogP contribution in [0, 0.1) is 5.92 Å². The summed E-state index contributed by atoms with van der Waals surface area (Å²) in [6.07, 6.45) is 5.51. The van der Waals surface area contributed by atoms with E-state index in [0.717, 1.165) is 44.4 Å². The predicted octanol–water partition coefficient (Wildman–Crippen LogP) is 5.64. The number of benzene rings is 2. The first kappa shape index (κ1) is 21.5. The van der Waals surface area contributed by atoms with Crippen LogP contribution >= 0.6 is 23.1 Å². The van der Waals surface area contributed by atoms with E-state index in [-0.39, 0.29) is 11.5 Å². The Morgan fingerprint density at radius 3 is 2.65 bits per heavy atom. The summed E-state index contributed by atoms with van der Waals surface area (Å²) in [5.41, 5.74) is 1.41. The first-order valence-corrected chi connectivity index (χ1v) is 13.2. The van der Waals surface area contributed by atoms with Gasteiger partial charge in [0.25, 0.3) is 0 Å². The number of fused-ring (bicyclic) bond motifs is 4. The molecule has 3 nitrogen and oxygen atoms in total. The smallest absolute Gasteiger partial charge is 0.103 e. The standard InChI is InChI=1S/C26H31NO2S2/c1-27(2)17-19-16-25(13-14-26(19,28)18-8-10-20(30-3)11-9-18)24-22(12-15-29-25)21-6-4-5-7-23(21)31-24/h4-11,19,28H,12-17H2,1-3H3. The van der Waals surface area contributed by atoms with Gasteiger partial charge in [-0.2, -0.15) is 0 Å². The highest BCUT2D eigenvalue weighted by Gasteiger charge is 2.53. The monoisotopic (exact) mass is 453 g/mol. The van der Waals surface area contributed by atoms with Gasteiger partial charge in [-0.15, -0.1) is 23.1 Å². The van der Waals surface area contributed by atoms with Crippen LogP contribution in [0.3, 0.4) is 0 Å². The Balaban J connectivity index is 1.55. The Labute approximate surface area is 193 Å². The minimum atomic E-state index is -0.829. The molecule has 5 rings (SSSR count). The molecule has 1 N–H and O–H groups in total. The maximum Gasteiger partial charge on any atom is 0.103 e. The summed E-state index contributed by atoms with van der Waals surface area (Å²) in [6, 6.07) is 17.3. The number of thiophene rings is 1. The van der Waals surface area contributed by atoms with E-state index in [2.05, 4.69) is 73.8 Å². The van der Waals surface area contributed by atoms with Gasteiger partial charge < -0.3 is 14.7 Å². The molecule has 1 saturated carbocycles. The fraction of sp³-hybridized carbons (Fsp3) is 0.462. The molecule has 0 radical (unpaired) electrons. The van der Waals surface area contributed by atoms with Gasteiger partial charge in [0.1, 0.15) is 5.60 Å². The highest BCUT2D eigenvalue weighted by atomic mass is 32.2. The fourth-order valence-electron chi connectivity index (χ4n) is 5.65. The largest absolute Gasteiger partial charge is 0.385 e. The number of hydrogen-bond acceptors (Lipinski definition) is 5. The van der Waals surface area contributed by atoms with Crippen LogP contribution in [-0.4, -0.2) is 43.5 Å². The molecule has 2 heterocycles. The van der Waals surface area contributed by atoms with E-state index in [0.29, 0.717) is 0 Å². The summed E-state index contributed by atoms with van der Waals surface area (Å²) in [7, 11) is 4.20. The van der Waals surface area contributed by atoms with E-state index in [1.54, 1.807) is 11.8 Å². The normalized spacial score (nSPS) is 28.4. The molecule has 2 aliphatic rings. The van der Waals surface area contributed by atoms with Gasteiger partial charge in [0.05, 0.1) is 12.2 Å². The van der Waals surface area contributed by atoms with Crippen LogP contribution in [0.5, 0.6) is 0 Å². The number of thioether (sulfide) groups is 1. The summed E-state index contributed by atoms with van der Waals surface area (Å²) >= 11 is 3.64. The number of aliphatic hydroxyl groups is 1. The Morgan fingerprint density at radius 1 is 1.13 bits per heavy atom. The van der Waals surface area contributed by atoms with Gasteiger partial charge in [-0.05, 0) is 80.7 Å². The third-order valence-electron chi connectivity index (χ3n) is 7.18. The van der Waals surface area contributed by atoms with Crippen molar-refractivity contribution in [3.8, 4) is 0 Å². The summed E-state index contributed by atoms with van der Waals surface area (Å²) in [6.45, 7) is 1.61. The molecule has 3 atom stereocenters. The summed E-state index contributed by atoms with van der Waals surface area (Å²) < 4.78 is 7.97. The van der Waals surface area contributed by atoms with Gasteiger partial charge in [0.15, 0.2) is 0 Å². The molecular formula is C26H31NO2S2. The van der Waals surface area contributed by atoms with Crippen LogP contribution in [0.15, 0.2) is 53.4 Å². The molecule has 0 amide bonds. The van der Waals surface area contributed by atoms with Crippen LogP contribution in [0.4, 0.5) is 0 Å². The molecule has 1 fully saturated rings. The molecule has 1 aliphatic heterocycles. The number of nitrogens with zero attached hydrogens (tertiary/aromatic N) is 1. The molecule has 3 aromatic rings. The van der Waals surface area contributed by atoms with Crippen molar-refractivity contribution in [2.45, 2.75) is 41.8 Å². The first-order valence-electron chi connectivity index (χ1n) is 11.1. The Bertz CT molecular complexity index is 1080. The van der Waals surface area contributed by atoms with Gasteiger partial charge >= 0.3 is 0 Å². The van der Waals surface area contributed by atoms with Gasteiger partial charge in [0.2, 0.25) is 0 Å². The van der Waals surface area contributed by atoms with E-state index in [1.165, 1.54) is 25.4 Å². The summed E-state index contributed by atoms with van der Waals surface area (Å²) in [5.74, 6) is 0.104. The average Bonchev–Trinajstić information content (AvgIpc) is 3.17. The third-order valence-corrected chi connectivity index (χ3v) is 9.32. The Morgan fingerprint density at radius 2 is 1.90 bits per heavy atom. The van der Waals surface area contributed by atoms with Crippen molar-refractivity contribution >= 4 is 33.2 Å². The SMILES string of the molecule is CSc1ccc(C2(O)CCC3(CC2CN(C)C)OCCc2c3sc3ccccc23)cc1. The molecule has 3 unspecified atom stereocenters. The average molecular weight is 454 g/mol. The second-order valence-electron chi connectivity index (χ2n) is 9.31. The van der Waals surface area contributed by atoms with Crippen molar-refractivity contribution in [1.82, 2.24) is 4.90 Å². The lowest BCUT2D eigenvalue weighted by molar-refractivity contribution is -0.162. The van der Waals surface area contributed by atoms with Crippen molar-refractivity contribution in [2.24, 2.45) is 5.92 Å². The van der Waals surface area contributed by atoms with Gasteiger partial charge in [0, 0.05) is 26.9 Å². The van der Waals surface area contributed by atoms with Crippen molar-refractivity contribution in [3.05, 3.63) is 64.5 Å². The minimum absolute atomic E-state index is 0.104. The van der Waals surface area contributed by atoms with Crippen molar-refractivity contribution in [3.63, 3.8) is 0 Å². The second kappa shape index (κ2) is 8.20. The molecule has 1 spiro atoms. The fourth-order valence-corrected chi connectivity index (χ4v) is 7.49. The molecule has 2 aromatic carbocycles. The molecule has 0 bridgehead atoms. The van der Waals surface area contributed by atoms with Crippen LogP contribution in [0.1, 0.15) is 35.3 Å². The second-order valence-corrected chi connectivity index (χ2v) is 11.2. The zero-order chi connectivity index (χ0) is 21.6. The zero-order valence-corrected chi connectivity index (χ0v) is 20.2. The lowest BCUT2D eigenvalue weighted by Gasteiger charge is -2.51. The van der Waals surface area contributed by atoms with Crippen LogP contribution < -0.4 is 0 Å². The molecule has 5 heteroatoms. The lowest BCUT2D eigenvalue weighted by atomic mass is 9.64. The van der Waals surface area contributed by atoms with Crippen molar-refractivity contribution in [1.29, 1.82) is 0 Å². The highest BCUT2D eigenvalue weighted by molar-refractivity contribution is 7.98. The third kappa shape index (κ3) is 3.65. The van der Waals surface area contributed by atoms with E-state index >= 15 is 0 Å². The van der Waals surface area contributed by atoms with E-state index in [4.69, 9.17) is 4.74 Å². The maximum atomic E-state index is 12.0. The Kier molecular flexibility index (Phi) is 5.68. The van der Waals surface area contributed by atoms with E-state index < -0.39 is 5.60 Å². The maximum absolute atomic E-state index is 12.0. The minimum Gasteiger partial charge on any atom is -0.385 e. The number of rotatable bonds is 4. The number of ether oxygens (including phenoxy) is 1. The van der Waals surface area contributed by atoms with Crippen LogP contribution in [-0.2, 0) is 22.4 Å². The highest BCUT2D eigenvalue weighted by Crippen LogP contribution is 2.55. The predicted molar refractivity (Wildman–Crippen MR) is 131 cm³/mol. The molecule has 1 aromatic heterocycles. The van der Waals surface area contributed by atoms with Crippen molar-refractivity contribution < 1.29 is 9.84 Å². The van der Waals surface area contributed by atoms with Crippen LogP contribution in [0.2, 0.25) is 0 Å². The topological polar surface area (TPSA) is 32.7 Å². The zero-order valence-electron chi connectivity index (χ0n) is 18.6. The molecule has 0 saturated heterocycles. The van der Waals surface area contributed by atoms with E-state index in [9.17, 15) is 5.11 Å². The van der Waals surface area contributed by atoms with Crippen molar-refractivity contribution in [2.75, 3.05) is 33.5 Å². The lowest BCUT2D eigenvalue weighted by Crippen LogP contribution is -2.51. The quantitative estimate of drug-likeness (QED) is 0.518. The molecule has 164 valence electrons. The molecule has 1 aliphatic carbocycles. The first-order chi connectivity index (χ1) is 14.9. The molecule has 31 heavy (non-hydrogen) atoms. The molecular weight excluding hydrogens is 422 g/mol. The summed E-state index contributed by atoms with van der Waals surface area (Å²) in [4.78, 5) is 4.84. The van der Waals surface area contributed by atoms with E-state index in [1.807, 2.05) is 11.3 Å². The summed E-state index contributed by atoms with van der Waals surface area (Å²) in [5, 5.41) is 13.4. The van der Waals surface area contributed by atoms with Gasteiger partial charge in [-0.1, -0.05) is 30.3 Å².